The van der Waals surface area contributed by atoms with Crippen LogP contribution in [0.4, 0.5) is 0 Å². The molecule has 0 radical (unpaired) electrons. The smallest absolute Gasteiger partial charge is 0.143 e. The van der Waals surface area contributed by atoms with Gasteiger partial charge >= 0.3 is 0 Å². The second-order valence-electron chi connectivity index (χ2n) is 3.33. The quantitative estimate of drug-likeness (QED) is 0.859. The molecule has 1 rings (SSSR count). The lowest BCUT2D eigenvalue weighted by Crippen LogP contribution is -2.21. The molecule has 0 fully saturated rings. The molecule has 1 atom stereocenters. The van der Waals surface area contributed by atoms with Crippen molar-refractivity contribution in [2.45, 2.75) is 13.0 Å². The Morgan fingerprint density at radius 2 is 2.12 bits per heavy atom. The van der Waals surface area contributed by atoms with Crippen molar-refractivity contribution in [3.63, 3.8) is 0 Å². The minimum absolute atomic E-state index is 0.403. The third kappa shape index (κ3) is 3.25. The van der Waals surface area contributed by atoms with Crippen LogP contribution in [-0.2, 0) is 0 Å². The third-order valence-electron chi connectivity index (χ3n) is 2.19. The van der Waals surface area contributed by atoms with Gasteiger partial charge in [0.05, 0.1) is 18.2 Å². The second kappa shape index (κ2) is 6.30. The molecule has 0 bridgehead atoms. The Bertz CT molecular complexity index is 358. The van der Waals surface area contributed by atoms with Gasteiger partial charge in [0.1, 0.15) is 5.75 Å². The van der Waals surface area contributed by atoms with Crippen molar-refractivity contribution in [1.29, 1.82) is 0 Å². The number of halogens is 2. The highest BCUT2D eigenvalue weighted by molar-refractivity contribution is 6.35. The lowest BCUT2D eigenvalue weighted by molar-refractivity contribution is 0.171. The average Bonchev–Trinajstić information content (AvgIpc) is 2.24. The first-order chi connectivity index (χ1) is 7.60. The zero-order chi connectivity index (χ0) is 12.1. The summed E-state index contributed by atoms with van der Waals surface area (Å²) < 4.78 is 5.15. The van der Waals surface area contributed by atoms with E-state index in [4.69, 9.17) is 27.9 Å². The summed E-state index contributed by atoms with van der Waals surface area (Å²) in [5.41, 5.74) is 0.598. The topological polar surface area (TPSA) is 41.5 Å². The van der Waals surface area contributed by atoms with Crippen molar-refractivity contribution in [2.24, 2.45) is 0 Å². The lowest BCUT2D eigenvalue weighted by atomic mass is 10.1. The number of hydrogen-bond donors (Lipinski definition) is 2. The highest BCUT2D eigenvalue weighted by Crippen LogP contribution is 2.35. The first kappa shape index (κ1) is 13.6. The number of methoxy groups -OCH3 is 1. The van der Waals surface area contributed by atoms with Crippen LogP contribution in [0.2, 0.25) is 10.0 Å². The number of benzene rings is 1. The molecule has 0 aromatic heterocycles. The zero-order valence-corrected chi connectivity index (χ0v) is 10.8. The fraction of sp³-hybridized carbons (Fsp3) is 0.455. The largest absolute Gasteiger partial charge is 0.495 e. The molecular weight excluding hydrogens is 249 g/mol. The van der Waals surface area contributed by atoms with E-state index in [1.54, 1.807) is 12.1 Å². The Hall–Kier alpha value is -0.480. The van der Waals surface area contributed by atoms with E-state index < -0.39 is 6.10 Å². The van der Waals surface area contributed by atoms with Crippen LogP contribution in [-0.4, -0.2) is 25.3 Å². The predicted octanol–water partition coefficient (Wildman–Crippen LogP) is 2.64. The van der Waals surface area contributed by atoms with Gasteiger partial charge in [-0.2, -0.15) is 0 Å². The molecule has 0 saturated heterocycles. The van der Waals surface area contributed by atoms with Gasteiger partial charge in [-0.3, -0.25) is 0 Å². The second-order valence-corrected chi connectivity index (χ2v) is 4.18. The van der Waals surface area contributed by atoms with Crippen molar-refractivity contribution in [3.8, 4) is 5.75 Å². The van der Waals surface area contributed by atoms with E-state index in [1.807, 2.05) is 6.92 Å². The first-order valence-corrected chi connectivity index (χ1v) is 5.77. The van der Waals surface area contributed by atoms with Gasteiger partial charge < -0.3 is 15.2 Å². The summed E-state index contributed by atoms with van der Waals surface area (Å²) in [6.07, 6.45) is -0.689. The number of likely N-dealkylation sites (N-methyl/N-ethyl adjacent to an activating group) is 1. The van der Waals surface area contributed by atoms with Crippen LogP contribution >= 0.6 is 23.2 Å². The molecule has 90 valence electrons. The van der Waals surface area contributed by atoms with E-state index in [9.17, 15) is 5.11 Å². The van der Waals surface area contributed by atoms with Gasteiger partial charge in [-0.15, -0.1) is 0 Å². The molecule has 3 nitrogen and oxygen atoms in total. The summed E-state index contributed by atoms with van der Waals surface area (Å²) in [6.45, 7) is 3.19. The monoisotopic (exact) mass is 263 g/mol. The Kier molecular flexibility index (Phi) is 5.35. The van der Waals surface area contributed by atoms with E-state index >= 15 is 0 Å². The van der Waals surface area contributed by atoms with Crippen LogP contribution in [0.15, 0.2) is 12.1 Å². The fourth-order valence-corrected chi connectivity index (χ4v) is 2.02. The van der Waals surface area contributed by atoms with Gasteiger partial charge in [0.15, 0.2) is 0 Å². The molecule has 5 heteroatoms. The number of aliphatic hydroxyl groups excluding tert-OH is 1. The van der Waals surface area contributed by atoms with Crippen molar-refractivity contribution in [3.05, 3.63) is 27.7 Å². The summed E-state index contributed by atoms with van der Waals surface area (Å²) in [7, 11) is 1.51. The van der Waals surface area contributed by atoms with Gasteiger partial charge in [-0.25, -0.2) is 0 Å². The number of hydrogen-bond acceptors (Lipinski definition) is 3. The molecule has 0 heterocycles. The summed E-state index contributed by atoms with van der Waals surface area (Å²) >= 11 is 11.9. The zero-order valence-electron chi connectivity index (χ0n) is 9.26. The van der Waals surface area contributed by atoms with Crippen LogP contribution in [0.3, 0.4) is 0 Å². The maximum Gasteiger partial charge on any atom is 0.143 e. The minimum atomic E-state index is -0.689. The van der Waals surface area contributed by atoms with Crippen LogP contribution in [0.1, 0.15) is 18.6 Å². The molecular formula is C11H15Cl2NO2. The maximum atomic E-state index is 9.95. The predicted molar refractivity (Wildman–Crippen MR) is 66.5 cm³/mol. The molecule has 0 aliphatic heterocycles. The van der Waals surface area contributed by atoms with Gasteiger partial charge in [-0.1, -0.05) is 30.1 Å². The van der Waals surface area contributed by atoms with Gasteiger partial charge in [-0.05, 0) is 18.7 Å². The van der Waals surface area contributed by atoms with Crippen LogP contribution in [0.25, 0.3) is 0 Å². The average molecular weight is 264 g/mol. The van der Waals surface area contributed by atoms with E-state index in [-0.39, 0.29) is 0 Å². The Labute approximate surface area is 105 Å². The highest BCUT2D eigenvalue weighted by atomic mass is 35.5. The molecule has 0 amide bonds. The first-order valence-electron chi connectivity index (χ1n) is 5.01. The van der Waals surface area contributed by atoms with Crippen molar-refractivity contribution in [2.75, 3.05) is 20.2 Å². The molecule has 0 spiro atoms. The molecule has 1 aromatic rings. The van der Waals surface area contributed by atoms with Crippen LogP contribution < -0.4 is 10.1 Å². The van der Waals surface area contributed by atoms with Gasteiger partial charge in [0.25, 0.3) is 0 Å². The van der Waals surface area contributed by atoms with E-state index in [0.717, 1.165) is 6.54 Å². The standard InChI is InChI=1S/C11H15Cl2NO2/c1-3-14-6-10(15)8-4-7(12)5-9(13)11(8)16-2/h4-5,10,14-15H,3,6H2,1-2H3. The number of rotatable bonds is 5. The Morgan fingerprint density at radius 1 is 1.44 bits per heavy atom. The Balaban J connectivity index is 3.00. The van der Waals surface area contributed by atoms with Crippen molar-refractivity contribution >= 4 is 23.2 Å². The maximum absolute atomic E-state index is 9.95. The molecule has 2 N–H and O–H groups in total. The fourth-order valence-electron chi connectivity index (χ4n) is 1.43. The van der Waals surface area contributed by atoms with Crippen molar-refractivity contribution in [1.82, 2.24) is 5.32 Å². The Morgan fingerprint density at radius 3 is 2.69 bits per heavy atom. The third-order valence-corrected chi connectivity index (χ3v) is 2.69. The molecule has 1 aromatic carbocycles. The van der Waals surface area contributed by atoms with E-state index in [1.165, 1.54) is 7.11 Å². The molecule has 1 unspecified atom stereocenters. The lowest BCUT2D eigenvalue weighted by Gasteiger charge is -2.16. The normalized spacial score (nSPS) is 12.6. The molecule has 0 saturated carbocycles. The minimum Gasteiger partial charge on any atom is -0.495 e. The van der Waals surface area contributed by atoms with Crippen molar-refractivity contribution < 1.29 is 9.84 Å². The molecule has 16 heavy (non-hydrogen) atoms. The van der Waals surface area contributed by atoms with Crippen LogP contribution in [0, 0.1) is 0 Å². The van der Waals surface area contributed by atoms with Gasteiger partial charge in [0, 0.05) is 17.1 Å². The SMILES string of the molecule is CCNCC(O)c1cc(Cl)cc(Cl)c1OC. The molecule has 0 aliphatic carbocycles. The highest BCUT2D eigenvalue weighted by Gasteiger charge is 2.16. The van der Waals surface area contributed by atoms with Crippen LogP contribution in [0.5, 0.6) is 5.75 Å². The summed E-state index contributed by atoms with van der Waals surface area (Å²) in [5, 5.41) is 13.9. The summed E-state index contributed by atoms with van der Waals surface area (Å²) in [5.74, 6) is 0.469. The number of ether oxygens (including phenoxy) is 1. The van der Waals surface area contributed by atoms with E-state index in [2.05, 4.69) is 5.32 Å². The van der Waals surface area contributed by atoms with Gasteiger partial charge in [0.2, 0.25) is 0 Å². The molecule has 0 aliphatic rings. The summed E-state index contributed by atoms with van der Waals surface area (Å²) in [6, 6.07) is 3.25. The number of nitrogens with one attached hydrogen (secondary N) is 1. The summed E-state index contributed by atoms with van der Waals surface area (Å²) in [4.78, 5) is 0. The van der Waals surface area contributed by atoms with E-state index in [0.29, 0.717) is 27.9 Å². The number of aliphatic hydroxyl groups is 1.